The lowest BCUT2D eigenvalue weighted by Gasteiger charge is -2.19. The van der Waals surface area contributed by atoms with Gasteiger partial charge in [0, 0.05) is 22.6 Å². The van der Waals surface area contributed by atoms with E-state index in [1.807, 2.05) is 39.0 Å². The lowest BCUT2D eigenvalue weighted by atomic mass is 9.99. The smallest absolute Gasteiger partial charge is 0.336 e. The van der Waals surface area contributed by atoms with E-state index in [1.54, 1.807) is 0 Å². The summed E-state index contributed by atoms with van der Waals surface area (Å²) in [7, 11) is 0. The molecule has 3 heteroatoms. The maximum Gasteiger partial charge on any atom is 0.336 e. The normalized spacial score (nSPS) is 14.2. The van der Waals surface area contributed by atoms with Crippen molar-refractivity contribution in [3.8, 4) is 5.75 Å². The van der Waals surface area contributed by atoms with Crippen LogP contribution in [0, 0.1) is 13.8 Å². The molecule has 0 spiro atoms. The van der Waals surface area contributed by atoms with E-state index in [9.17, 15) is 4.79 Å². The van der Waals surface area contributed by atoms with Gasteiger partial charge in [-0.1, -0.05) is 12.2 Å². The molecule has 0 saturated carbocycles. The molecule has 0 amide bonds. The zero-order valence-electron chi connectivity index (χ0n) is 11.8. The monoisotopic (exact) mass is 268 g/mol. The Labute approximate surface area is 117 Å². The van der Waals surface area contributed by atoms with Crippen molar-refractivity contribution in [3.05, 3.63) is 57.0 Å². The summed E-state index contributed by atoms with van der Waals surface area (Å²) in [5.74, 6) is 0.805. The van der Waals surface area contributed by atoms with E-state index in [0.717, 1.165) is 33.4 Å². The van der Waals surface area contributed by atoms with E-state index in [2.05, 4.69) is 6.08 Å². The van der Waals surface area contributed by atoms with Crippen LogP contribution in [0.4, 0.5) is 0 Å². The molecule has 0 saturated heterocycles. The first kappa shape index (κ1) is 12.7. The van der Waals surface area contributed by atoms with Gasteiger partial charge in [-0.15, -0.1) is 0 Å². The van der Waals surface area contributed by atoms with Gasteiger partial charge in [-0.2, -0.15) is 0 Å². The molecule has 0 atom stereocenters. The zero-order valence-corrected chi connectivity index (χ0v) is 11.8. The summed E-state index contributed by atoms with van der Waals surface area (Å²) in [5, 5.41) is 0.961. The van der Waals surface area contributed by atoms with E-state index in [-0.39, 0.29) is 5.63 Å². The Hall–Kier alpha value is -2.29. The summed E-state index contributed by atoms with van der Waals surface area (Å²) < 4.78 is 11.2. The highest BCUT2D eigenvalue weighted by atomic mass is 16.5. The standard InChI is InChI=1S/C17H16O3/c1-4-5-12-7-13-8-14-10(2)6-15(18)20-17(14)11(3)16(13)19-9-12/h4-8H,9H2,1-3H3/b5-4+. The quantitative estimate of drug-likeness (QED) is 0.739. The van der Waals surface area contributed by atoms with Crippen molar-refractivity contribution in [2.24, 2.45) is 0 Å². The fraction of sp³-hybridized carbons (Fsp3) is 0.235. The third-order valence-corrected chi connectivity index (χ3v) is 3.55. The Balaban J connectivity index is 2.33. The van der Waals surface area contributed by atoms with Crippen LogP contribution in [0.25, 0.3) is 17.0 Å². The highest BCUT2D eigenvalue weighted by Gasteiger charge is 2.17. The largest absolute Gasteiger partial charge is 0.488 e. The van der Waals surface area contributed by atoms with Crippen LogP contribution >= 0.6 is 0 Å². The predicted octanol–water partition coefficient (Wildman–Crippen LogP) is 3.76. The SMILES string of the molecule is C/C=C/C1=Cc2cc3c(C)cc(=O)oc3c(C)c2OC1. The lowest BCUT2D eigenvalue weighted by molar-refractivity contribution is 0.348. The van der Waals surface area contributed by atoms with Crippen LogP contribution in [-0.2, 0) is 0 Å². The molecule has 2 heterocycles. The van der Waals surface area contributed by atoms with E-state index in [4.69, 9.17) is 9.15 Å². The van der Waals surface area contributed by atoms with Crippen LogP contribution in [0.5, 0.6) is 5.75 Å². The van der Waals surface area contributed by atoms with Crippen LogP contribution < -0.4 is 10.4 Å². The van der Waals surface area contributed by atoms with Gasteiger partial charge in [-0.3, -0.25) is 0 Å². The van der Waals surface area contributed by atoms with Crippen LogP contribution in [0.2, 0.25) is 0 Å². The lowest BCUT2D eigenvalue weighted by Crippen LogP contribution is -2.08. The molecule has 3 nitrogen and oxygen atoms in total. The molecule has 0 N–H and O–H groups in total. The molecule has 102 valence electrons. The molecular formula is C17H16O3. The van der Waals surface area contributed by atoms with Gasteiger partial charge < -0.3 is 9.15 Å². The summed E-state index contributed by atoms with van der Waals surface area (Å²) in [6, 6.07) is 3.55. The third-order valence-electron chi connectivity index (χ3n) is 3.55. The van der Waals surface area contributed by atoms with Crippen LogP contribution in [0.15, 0.2) is 39.1 Å². The number of ether oxygens (including phenoxy) is 1. The Bertz CT molecular complexity index is 807. The first-order valence-electron chi connectivity index (χ1n) is 6.64. The van der Waals surface area contributed by atoms with Crippen LogP contribution in [0.1, 0.15) is 23.6 Å². The van der Waals surface area contributed by atoms with Gasteiger partial charge in [0.15, 0.2) is 0 Å². The maximum atomic E-state index is 11.5. The third kappa shape index (κ3) is 1.95. The molecule has 3 rings (SSSR count). The van der Waals surface area contributed by atoms with Crippen molar-refractivity contribution in [2.45, 2.75) is 20.8 Å². The molecule has 1 aliphatic rings. The van der Waals surface area contributed by atoms with Gasteiger partial charge in [0.2, 0.25) is 0 Å². The van der Waals surface area contributed by atoms with Gasteiger partial charge in [0.25, 0.3) is 0 Å². The van der Waals surface area contributed by atoms with Gasteiger partial charge >= 0.3 is 5.63 Å². The van der Waals surface area contributed by atoms with E-state index in [0.29, 0.717) is 12.2 Å². The molecule has 20 heavy (non-hydrogen) atoms. The van der Waals surface area contributed by atoms with Crippen molar-refractivity contribution in [3.63, 3.8) is 0 Å². The van der Waals surface area contributed by atoms with Gasteiger partial charge in [-0.25, -0.2) is 4.79 Å². The summed E-state index contributed by atoms with van der Waals surface area (Å²) in [6.07, 6.45) is 6.16. The molecule has 0 unspecified atom stereocenters. The highest BCUT2D eigenvalue weighted by molar-refractivity contribution is 5.89. The Morgan fingerprint density at radius 1 is 1.25 bits per heavy atom. The number of allylic oxidation sites excluding steroid dienone is 1. The second-order valence-corrected chi connectivity index (χ2v) is 5.05. The summed E-state index contributed by atoms with van der Waals surface area (Å²) in [4.78, 5) is 11.5. The Kier molecular flexibility index (Phi) is 2.97. The predicted molar refractivity (Wildman–Crippen MR) is 80.2 cm³/mol. The molecule has 1 aromatic carbocycles. The van der Waals surface area contributed by atoms with Gasteiger partial charge in [0.1, 0.15) is 17.9 Å². The highest BCUT2D eigenvalue weighted by Crippen LogP contribution is 2.36. The molecular weight excluding hydrogens is 252 g/mol. The minimum atomic E-state index is -0.320. The minimum Gasteiger partial charge on any atom is -0.488 e. The zero-order chi connectivity index (χ0) is 14.3. The van der Waals surface area contributed by atoms with Gasteiger partial charge in [-0.05, 0) is 44.1 Å². The summed E-state index contributed by atoms with van der Waals surface area (Å²) >= 11 is 0. The fourth-order valence-electron chi connectivity index (χ4n) is 2.62. The second-order valence-electron chi connectivity index (χ2n) is 5.05. The Morgan fingerprint density at radius 2 is 2.05 bits per heavy atom. The van der Waals surface area contributed by atoms with Crippen LogP contribution in [-0.4, -0.2) is 6.61 Å². The van der Waals surface area contributed by atoms with Crippen molar-refractivity contribution in [1.29, 1.82) is 0 Å². The number of rotatable bonds is 1. The summed E-state index contributed by atoms with van der Waals surface area (Å²) in [5.41, 5.74) is 4.28. The number of hydrogen-bond donors (Lipinski definition) is 0. The average Bonchev–Trinajstić information content (AvgIpc) is 2.41. The number of benzene rings is 1. The number of aryl methyl sites for hydroxylation is 2. The fourth-order valence-corrected chi connectivity index (χ4v) is 2.62. The van der Waals surface area contributed by atoms with Crippen molar-refractivity contribution in [2.75, 3.05) is 6.61 Å². The van der Waals surface area contributed by atoms with E-state index >= 15 is 0 Å². The van der Waals surface area contributed by atoms with Crippen molar-refractivity contribution < 1.29 is 9.15 Å². The second kappa shape index (κ2) is 4.67. The molecule has 0 aliphatic carbocycles. The first-order valence-corrected chi connectivity index (χ1v) is 6.64. The van der Waals surface area contributed by atoms with E-state index < -0.39 is 0 Å². The van der Waals surface area contributed by atoms with Crippen molar-refractivity contribution >= 4 is 17.0 Å². The number of fused-ring (bicyclic) bond motifs is 2. The first-order chi connectivity index (χ1) is 9.60. The molecule has 1 aliphatic heterocycles. The van der Waals surface area contributed by atoms with Crippen molar-refractivity contribution in [1.82, 2.24) is 0 Å². The van der Waals surface area contributed by atoms with Gasteiger partial charge in [0.05, 0.1) is 0 Å². The minimum absolute atomic E-state index is 0.320. The topological polar surface area (TPSA) is 39.4 Å². The van der Waals surface area contributed by atoms with E-state index in [1.165, 1.54) is 6.07 Å². The maximum absolute atomic E-state index is 11.5. The molecule has 0 radical (unpaired) electrons. The molecule has 0 fully saturated rings. The van der Waals surface area contributed by atoms with Crippen LogP contribution in [0.3, 0.4) is 0 Å². The average molecular weight is 268 g/mol. The molecule has 0 bridgehead atoms. The molecule has 2 aromatic rings. The number of hydrogen-bond acceptors (Lipinski definition) is 3. The molecule has 1 aromatic heterocycles. The Morgan fingerprint density at radius 3 is 2.80 bits per heavy atom. The summed E-state index contributed by atoms with van der Waals surface area (Å²) in [6.45, 7) is 6.38.